The van der Waals surface area contributed by atoms with Crippen LogP contribution in [0.2, 0.25) is 0 Å². The van der Waals surface area contributed by atoms with E-state index in [9.17, 15) is 18.4 Å². The first-order chi connectivity index (χ1) is 17.6. The monoisotopic (exact) mass is 524 g/mol. The van der Waals surface area contributed by atoms with E-state index < -0.39 is 5.41 Å². The zero-order valence-corrected chi connectivity index (χ0v) is 22.0. The highest BCUT2D eigenvalue weighted by Crippen LogP contribution is 2.48. The second-order valence-electron chi connectivity index (χ2n) is 10.5. The third kappa shape index (κ3) is 5.01. The quantitative estimate of drug-likeness (QED) is 0.469. The summed E-state index contributed by atoms with van der Waals surface area (Å²) in [5.74, 6) is -0.483. The number of hydrogen-bond donors (Lipinski definition) is 0. The Bertz CT molecular complexity index is 1330. The molecule has 2 aliphatic heterocycles. The van der Waals surface area contributed by atoms with Crippen molar-refractivity contribution in [3.8, 4) is 5.69 Å². The van der Waals surface area contributed by atoms with Gasteiger partial charge in [0.15, 0.2) is 0 Å². The zero-order chi connectivity index (χ0) is 26.3. The molecule has 0 radical (unpaired) electrons. The number of thioether (sulfide) groups is 1. The molecule has 2 aliphatic rings. The Morgan fingerprint density at radius 1 is 1.05 bits per heavy atom. The number of aromatic nitrogens is 2. The third-order valence-electron chi connectivity index (χ3n) is 6.77. The summed E-state index contributed by atoms with van der Waals surface area (Å²) >= 11 is 1.40. The molecule has 1 fully saturated rings. The van der Waals surface area contributed by atoms with Crippen molar-refractivity contribution in [3.63, 3.8) is 0 Å². The number of carbonyl (C=O) groups excluding carboxylic acids is 2. The lowest BCUT2D eigenvalue weighted by Gasteiger charge is -2.26. The molecule has 9 heteroatoms. The molecule has 3 heterocycles. The average Bonchev–Trinajstić information content (AvgIpc) is 3.49. The van der Waals surface area contributed by atoms with Gasteiger partial charge in [-0.15, -0.1) is 11.8 Å². The third-order valence-corrected chi connectivity index (χ3v) is 8.03. The van der Waals surface area contributed by atoms with Gasteiger partial charge in [-0.1, -0.05) is 32.9 Å². The number of carbonyl (C=O) groups is 2. The molecule has 0 bridgehead atoms. The highest BCUT2D eigenvalue weighted by atomic mass is 32.2. The van der Waals surface area contributed by atoms with E-state index in [4.69, 9.17) is 5.10 Å². The molecule has 1 aromatic heterocycles. The van der Waals surface area contributed by atoms with E-state index >= 15 is 0 Å². The van der Waals surface area contributed by atoms with Crippen molar-refractivity contribution in [2.75, 3.05) is 30.3 Å². The molecule has 0 aliphatic carbocycles. The minimum Gasteiger partial charge on any atom is -0.341 e. The zero-order valence-electron chi connectivity index (χ0n) is 21.2. The van der Waals surface area contributed by atoms with Gasteiger partial charge < -0.3 is 4.90 Å². The van der Waals surface area contributed by atoms with Crippen molar-refractivity contribution in [1.29, 1.82) is 0 Å². The summed E-state index contributed by atoms with van der Waals surface area (Å²) in [5, 5.41) is 4.58. The van der Waals surface area contributed by atoms with Gasteiger partial charge in [-0.05, 0) is 54.8 Å². The lowest BCUT2D eigenvalue weighted by atomic mass is 9.87. The summed E-state index contributed by atoms with van der Waals surface area (Å²) in [4.78, 5) is 30.2. The van der Waals surface area contributed by atoms with E-state index in [1.54, 1.807) is 27.8 Å². The second-order valence-corrected chi connectivity index (χ2v) is 11.6. The summed E-state index contributed by atoms with van der Waals surface area (Å²) in [6.07, 6.45) is 1.90. The Kier molecular flexibility index (Phi) is 6.83. The molecule has 5 rings (SSSR count). The molecule has 0 saturated carbocycles. The lowest BCUT2D eigenvalue weighted by molar-refractivity contribution is -0.130. The molecule has 6 nitrogen and oxygen atoms in total. The summed E-state index contributed by atoms with van der Waals surface area (Å²) in [6, 6.07) is 12.3. The number of benzene rings is 2. The summed E-state index contributed by atoms with van der Waals surface area (Å²) in [6.45, 7) is 7.34. The van der Waals surface area contributed by atoms with Gasteiger partial charge in [0.25, 0.3) is 0 Å². The van der Waals surface area contributed by atoms with Crippen molar-refractivity contribution in [1.82, 2.24) is 14.7 Å². The van der Waals surface area contributed by atoms with E-state index in [0.717, 1.165) is 29.7 Å². The van der Waals surface area contributed by atoms with E-state index in [2.05, 4.69) is 0 Å². The van der Waals surface area contributed by atoms with Gasteiger partial charge >= 0.3 is 0 Å². The van der Waals surface area contributed by atoms with Gasteiger partial charge in [0.2, 0.25) is 11.8 Å². The minimum absolute atomic E-state index is 0.112. The molecular formula is C28H30F2N4O2S. The summed E-state index contributed by atoms with van der Waals surface area (Å²) < 4.78 is 29.8. The average molecular weight is 525 g/mol. The maximum atomic E-state index is 14.3. The molecule has 1 unspecified atom stereocenters. The van der Waals surface area contributed by atoms with Crippen LogP contribution in [0.3, 0.4) is 0 Å². The number of nitrogens with zero attached hydrogens (tertiary/aromatic N) is 4. The standard InChI is InChI=1S/C28H30F2N4O2S/c1-28(2,3)26-24-25(18-7-6-8-20(30)15-18)37-17-23(36)33(16-22(35)32-13-4-5-14-32)27(24)34(31-26)21-11-9-19(29)10-12-21/h6-12,15,25H,4-5,13-14,16-17H2,1-3H3. The maximum absolute atomic E-state index is 14.3. The van der Waals surface area contributed by atoms with Crippen LogP contribution in [0.25, 0.3) is 5.69 Å². The van der Waals surface area contributed by atoms with Crippen molar-refractivity contribution in [3.05, 3.63) is 77.0 Å². The fraction of sp³-hybridized carbons (Fsp3) is 0.393. The van der Waals surface area contributed by atoms with Crippen LogP contribution < -0.4 is 4.90 Å². The van der Waals surface area contributed by atoms with Crippen LogP contribution in [-0.4, -0.2) is 51.9 Å². The number of halogens is 2. The molecule has 3 aromatic rings. The Labute approximate surface area is 219 Å². The highest BCUT2D eigenvalue weighted by molar-refractivity contribution is 8.00. The van der Waals surface area contributed by atoms with E-state index in [1.165, 1.54) is 40.9 Å². The summed E-state index contributed by atoms with van der Waals surface area (Å²) in [7, 11) is 0. The molecule has 37 heavy (non-hydrogen) atoms. The van der Waals surface area contributed by atoms with Crippen LogP contribution in [0, 0.1) is 11.6 Å². The largest absolute Gasteiger partial charge is 0.341 e. The van der Waals surface area contributed by atoms with Gasteiger partial charge in [0.1, 0.15) is 24.0 Å². The van der Waals surface area contributed by atoms with Crippen molar-refractivity contribution >= 4 is 29.4 Å². The van der Waals surface area contributed by atoms with Crippen LogP contribution in [0.1, 0.15) is 55.7 Å². The molecule has 1 saturated heterocycles. The number of rotatable bonds is 4. The maximum Gasteiger partial charge on any atom is 0.242 e. The number of amides is 2. The van der Waals surface area contributed by atoms with Crippen molar-refractivity contribution in [2.45, 2.75) is 44.3 Å². The van der Waals surface area contributed by atoms with Crippen molar-refractivity contribution in [2.24, 2.45) is 0 Å². The van der Waals surface area contributed by atoms with Gasteiger partial charge in [-0.3, -0.25) is 14.5 Å². The first-order valence-electron chi connectivity index (χ1n) is 12.5. The number of hydrogen-bond acceptors (Lipinski definition) is 4. The van der Waals surface area contributed by atoms with Crippen LogP contribution in [0.15, 0.2) is 48.5 Å². The molecular weight excluding hydrogens is 494 g/mol. The second kappa shape index (κ2) is 9.93. The van der Waals surface area contributed by atoms with Crippen molar-refractivity contribution < 1.29 is 18.4 Å². The van der Waals surface area contributed by atoms with E-state index in [1.807, 2.05) is 26.8 Å². The number of fused-ring (bicyclic) bond motifs is 1. The molecule has 1 atom stereocenters. The number of likely N-dealkylation sites (tertiary alicyclic amines) is 1. The topological polar surface area (TPSA) is 58.4 Å². The molecule has 2 aromatic carbocycles. The number of anilines is 1. The fourth-order valence-electron chi connectivity index (χ4n) is 4.97. The Balaban J connectivity index is 1.75. The van der Waals surface area contributed by atoms with Crippen LogP contribution in [0.4, 0.5) is 14.6 Å². The Hall–Kier alpha value is -3.20. The molecule has 194 valence electrons. The minimum atomic E-state index is -0.431. The van der Waals surface area contributed by atoms with Gasteiger partial charge in [0.05, 0.1) is 22.4 Å². The highest BCUT2D eigenvalue weighted by Gasteiger charge is 2.40. The van der Waals surface area contributed by atoms with Crippen LogP contribution in [0.5, 0.6) is 0 Å². The molecule has 0 spiro atoms. The van der Waals surface area contributed by atoms with Crippen LogP contribution in [-0.2, 0) is 15.0 Å². The smallest absolute Gasteiger partial charge is 0.242 e. The predicted molar refractivity (Wildman–Crippen MR) is 141 cm³/mol. The van der Waals surface area contributed by atoms with Gasteiger partial charge in [-0.25, -0.2) is 13.5 Å². The van der Waals surface area contributed by atoms with E-state index in [-0.39, 0.29) is 41.0 Å². The first-order valence-corrected chi connectivity index (χ1v) is 13.5. The normalized spacial score (nSPS) is 18.2. The Morgan fingerprint density at radius 3 is 2.41 bits per heavy atom. The first kappa shape index (κ1) is 25.4. The van der Waals surface area contributed by atoms with Crippen LogP contribution >= 0.6 is 11.8 Å². The Morgan fingerprint density at radius 2 is 1.76 bits per heavy atom. The van der Waals surface area contributed by atoms with Gasteiger partial charge in [-0.2, -0.15) is 5.10 Å². The van der Waals surface area contributed by atoms with E-state index in [0.29, 0.717) is 24.6 Å². The summed E-state index contributed by atoms with van der Waals surface area (Å²) in [5.41, 5.74) is 2.37. The fourth-order valence-corrected chi connectivity index (χ4v) is 6.16. The van der Waals surface area contributed by atoms with Gasteiger partial charge in [0, 0.05) is 24.1 Å². The SMILES string of the molecule is CC(C)(C)c1nn(-c2ccc(F)cc2)c2c1C(c1cccc(F)c1)SCC(=O)N2CC(=O)N1CCCC1. The molecule has 0 N–H and O–H groups in total. The lowest BCUT2D eigenvalue weighted by Crippen LogP contribution is -2.43. The predicted octanol–water partition coefficient (Wildman–Crippen LogP) is 5.24. The molecule has 2 amide bonds.